The second-order valence-corrected chi connectivity index (χ2v) is 6.44. The van der Waals surface area contributed by atoms with Gasteiger partial charge in [-0.25, -0.2) is 4.98 Å². The molecule has 1 aromatic heterocycles. The number of hydrogen-bond donors (Lipinski definition) is 1. The molecule has 90 valence electrons. The van der Waals surface area contributed by atoms with E-state index in [4.69, 9.17) is 0 Å². The molecule has 1 N–H and O–H groups in total. The van der Waals surface area contributed by atoms with Crippen LogP contribution in [0.5, 0.6) is 0 Å². The van der Waals surface area contributed by atoms with Crippen LogP contribution in [-0.2, 0) is 0 Å². The van der Waals surface area contributed by atoms with Gasteiger partial charge in [-0.1, -0.05) is 34.1 Å². The van der Waals surface area contributed by atoms with Gasteiger partial charge in [-0.2, -0.15) is 4.37 Å². The van der Waals surface area contributed by atoms with Crippen LogP contribution in [0.4, 0.5) is 5.13 Å². The molecule has 0 aromatic carbocycles. The highest BCUT2D eigenvalue weighted by atomic mass is 32.1. The number of nitrogens with zero attached hydrogens (tertiary/aromatic N) is 2. The van der Waals surface area contributed by atoms with E-state index in [-0.39, 0.29) is 0 Å². The second-order valence-electron chi connectivity index (χ2n) is 5.69. The summed E-state index contributed by atoms with van der Waals surface area (Å²) < 4.78 is 4.37. The average Bonchev–Trinajstić information content (AvgIpc) is 2.75. The van der Waals surface area contributed by atoms with Crippen molar-refractivity contribution in [3.05, 3.63) is 5.82 Å². The van der Waals surface area contributed by atoms with Gasteiger partial charge < -0.3 is 5.32 Å². The van der Waals surface area contributed by atoms with Crippen molar-refractivity contribution in [1.29, 1.82) is 0 Å². The Morgan fingerprint density at radius 2 is 2.19 bits per heavy atom. The predicted octanol–water partition coefficient (Wildman–Crippen LogP) is 3.65. The molecule has 0 saturated heterocycles. The molecule has 1 saturated carbocycles. The highest BCUT2D eigenvalue weighted by molar-refractivity contribution is 7.09. The molecule has 0 radical (unpaired) electrons. The molecule has 1 fully saturated rings. The Labute approximate surface area is 102 Å². The van der Waals surface area contributed by atoms with E-state index in [1.54, 1.807) is 0 Å². The largest absolute Gasteiger partial charge is 0.357 e. The number of rotatable bonds is 3. The van der Waals surface area contributed by atoms with Crippen molar-refractivity contribution in [1.82, 2.24) is 9.36 Å². The first-order chi connectivity index (χ1) is 7.49. The number of hydrogen-bond acceptors (Lipinski definition) is 4. The predicted molar refractivity (Wildman–Crippen MR) is 69.0 cm³/mol. The molecule has 0 aliphatic heterocycles. The third-order valence-electron chi connectivity index (χ3n) is 3.51. The Bertz CT molecular complexity index is 357. The lowest BCUT2D eigenvalue weighted by atomic mass is 9.87. The van der Waals surface area contributed by atoms with Gasteiger partial charge in [-0.3, -0.25) is 0 Å². The SMILES string of the molecule is CC(C)c1nsc(NC2CCCC2(C)C)n1. The first-order valence-corrected chi connectivity index (χ1v) is 6.86. The van der Waals surface area contributed by atoms with Crippen molar-refractivity contribution in [3.63, 3.8) is 0 Å². The van der Waals surface area contributed by atoms with Gasteiger partial charge in [0.15, 0.2) is 0 Å². The van der Waals surface area contributed by atoms with Gasteiger partial charge in [-0.15, -0.1) is 0 Å². The van der Waals surface area contributed by atoms with Crippen LogP contribution in [0.2, 0.25) is 0 Å². The van der Waals surface area contributed by atoms with Gasteiger partial charge in [0, 0.05) is 23.5 Å². The molecule has 0 amide bonds. The summed E-state index contributed by atoms with van der Waals surface area (Å²) in [6.07, 6.45) is 3.88. The molecule has 16 heavy (non-hydrogen) atoms. The minimum atomic E-state index is 0.393. The molecule has 1 aromatic rings. The van der Waals surface area contributed by atoms with Crippen LogP contribution in [0, 0.1) is 5.41 Å². The van der Waals surface area contributed by atoms with Crippen molar-refractivity contribution in [2.24, 2.45) is 5.41 Å². The second kappa shape index (κ2) is 4.32. The van der Waals surface area contributed by atoms with E-state index < -0.39 is 0 Å². The summed E-state index contributed by atoms with van der Waals surface area (Å²) in [5, 5.41) is 4.54. The maximum absolute atomic E-state index is 4.54. The van der Waals surface area contributed by atoms with Gasteiger partial charge in [0.25, 0.3) is 0 Å². The van der Waals surface area contributed by atoms with Crippen LogP contribution < -0.4 is 5.32 Å². The fraction of sp³-hybridized carbons (Fsp3) is 0.833. The van der Waals surface area contributed by atoms with E-state index in [1.807, 2.05) is 0 Å². The summed E-state index contributed by atoms with van der Waals surface area (Å²) >= 11 is 1.49. The minimum Gasteiger partial charge on any atom is -0.357 e. The van der Waals surface area contributed by atoms with Gasteiger partial charge in [0.1, 0.15) is 5.82 Å². The van der Waals surface area contributed by atoms with Gasteiger partial charge in [0.2, 0.25) is 5.13 Å². The normalized spacial score (nSPS) is 23.9. The van der Waals surface area contributed by atoms with Crippen molar-refractivity contribution < 1.29 is 0 Å². The van der Waals surface area contributed by atoms with Crippen LogP contribution in [-0.4, -0.2) is 15.4 Å². The zero-order chi connectivity index (χ0) is 11.8. The fourth-order valence-corrected chi connectivity index (χ4v) is 3.03. The van der Waals surface area contributed by atoms with E-state index in [0.717, 1.165) is 11.0 Å². The number of nitrogens with one attached hydrogen (secondary N) is 1. The monoisotopic (exact) mass is 239 g/mol. The van der Waals surface area contributed by atoms with Gasteiger partial charge in [0.05, 0.1) is 0 Å². The molecule has 3 nitrogen and oxygen atoms in total. The number of anilines is 1. The molecular formula is C12H21N3S. The summed E-state index contributed by atoms with van der Waals surface area (Å²) in [6.45, 7) is 8.93. The third-order valence-corrected chi connectivity index (χ3v) is 4.17. The van der Waals surface area contributed by atoms with E-state index in [9.17, 15) is 0 Å². The van der Waals surface area contributed by atoms with Gasteiger partial charge in [-0.05, 0) is 18.3 Å². The third kappa shape index (κ3) is 2.37. The number of aromatic nitrogens is 2. The molecule has 1 aliphatic carbocycles. The molecule has 1 unspecified atom stereocenters. The quantitative estimate of drug-likeness (QED) is 0.875. The van der Waals surface area contributed by atoms with E-state index in [0.29, 0.717) is 17.4 Å². The zero-order valence-electron chi connectivity index (χ0n) is 10.6. The first kappa shape index (κ1) is 11.8. The molecule has 1 atom stereocenters. The highest BCUT2D eigenvalue weighted by Gasteiger charge is 2.34. The van der Waals surface area contributed by atoms with E-state index >= 15 is 0 Å². The van der Waals surface area contributed by atoms with Gasteiger partial charge >= 0.3 is 0 Å². The van der Waals surface area contributed by atoms with Crippen LogP contribution in [0.25, 0.3) is 0 Å². The molecular weight excluding hydrogens is 218 g/mol. The molecule has 0 bridgehead atoms. The summed E-state index contributed by atoms with van der Waals surface area (Å²) in [5.41, 5.74) is 0.393. The maximum atomic E-state index is 4.54. The lowest BCUT2D eigenvalue weighted by Crippen LogP contribution is -2.30. The summed E-state index contributed by atoms with van der Waals surface area (Å²) in [5.74, 6) is 1.38. The lowest BCUT2D eigenvalue weighted by Gasteiger charge is -2.27. The van der Waals surface area contributed by atoms with E-state index in [2.05, 4.69) is 42.4 Å². The van der Waals surface area contributed by atoms with Crippen molar-refractivity contribution in [2.45, 2.75) is 58.9 Å². The summed E-state index contributed by atoms with van der Waals surface area (Å²) in [6, 6.07) is 0.556. The Morgan fingerprint density at radius 1 is 1.44 bits per heavy atom. The van der Waals surface area contributed by atoms with E-state index in [1.165, 1.54) is 30.8 Å². The first-order valence-electron chi connectivity index (χ1n) is 6.09. The Morgan fingerprint density at radius 3 is 2.69 bits per heavy atom. The topological polar surface area (TPSA) is 37.8 Å². The van der Waals surface area contributed by atoms with Crippen LogP contribution in [0.15, 0.2) is 0 Å². The molecule has 1 aliphatic rings. The lowest BCUT2D eigenvalue weighted by molar-refractivity contribution is 0.350. The average molecular weight is 239 g/mol. The minimum absolute atomic E-state index is 0.393. The standard InChI is InChI=1S/C12H21N3S/c1-8(2)10-14-11(16-15-10)13-9-6-5-7-12(9,3)4/h8-9H,5-7H2,1-4H3,(H,13,14,15). The molecule has 2 rings (SSSR count). The van der Waals surface area contributed by atoms with Crippen molar-refractivity contribution in [3.8, 4) is 0 Å². The fourth-order valence-electron chi connectivity index (χ4n) is 2.27. The van der Waals surface area contributed by atoms with Crippen LogP contribution in [0.1, 0.15) is 58.7 Å². The van der Waals surface area contributed by atoms with Crippen LogP contribution >= 0.6 is 11.5 Å². The molecule has 4 heteroatoms. The Balaban J connectivity index is 2.03. The van der Waals surface area contributed by atoms with Crippen molar-refractivity contribution >= 4 is 16.7 Å². The van der Waals surface area contributed by atoms with Crippen molar-refractivity contribution in [2.75, 3.05) is 5.32 Å². The Kier molecular flexibility index (Phi) is 3.19. The highest BCUT2D eigenvalue weighted by Crippen LogP contribution is 2.39. The van der Waals surface area contributed by atoms with Crippen LogP contribution in [0.3, 0.4) is 0 Å². The zero-order valence-corrected chi connectivity index (χ0v) is 11.4. The summed E-state index contributed by atoms with van der Waals surface area (Å²) in [4.78, 5) is 4.54. The Hall–Kier alpha value is -0.640. The maximum Gasteiger partial charge on any atom is 0.202 e. The molecule has 1 heterocycles. The molecule has 0 spiro atoms. The summed E-state index contributed by atoms with van der Waals surface area (Å²) in [7, 11) is 0. The smallest absolute Gasteiger partial charge is 0.202 e.